The van der Waals surface area contributed by atoms with Gasteiger partial charge in [-0.3, -0.25) is 4.68 Å². The number of rotatable bonds is 4. The molecule has 3 aliphatic carbocycles. The standard InChI is InChI=1S/C29H25ClF4N4O/c1-38-24-20(4-5-22(30)23(24)26(35)37-38)21-3-2-19(6-7-28(39)14-29(33,34)15-28)36-25(21)27(8-9-27)13-16-10-17(31)12-18(32)11-16/h2-5,10-11,17,39H,8-9,12-15H2,1H3,(H2,35,37). The number of halogens is 5. The van der Waals surface area contributed by atoms with Crippen molar-refractivity contribution >= 4 is 28.3 Å². The van der Waals surface area contributed by atoms with Crippen LogP contribution in [0.1, 0.15) is 49.9 Å². The van der Waals surface area contributed by atoms with Gasteiger partial charge in [-0.15, -0.1) is 0 Å². The summed E-state index contributed by atoms with van der Waals surface area (Å²) in [7, 11) is 1.76. The lowest BCUT2D eigenvalue weighted by Gasteiger charge is -2.39. The van der Waals surface area contributed by atoms with Crippen molar-refractivity contribution in [1.82, 2.24) is 14.8 Å². The number of aliphatic hydroxyl groups is 1. The van der Waals surface area contributed by atoms with Crippen LogP contribution in [0.25, 0.3) is 22.0 Å². The largest absolute Gasteiger partial charge is 0.382 e. The Kier molecular flexibility index (Phi) is 5.87. The highest BCUT2D eigenvalue weighted by molar-refractivity contribution is 6.37. The van der Waals surface area contributed by atoms with E-state index in [2.05, 4.69) is 16.9 Å². The van der Waals surface area contributed by atoms with Gasteiger partial charge in [-0.1, -0.05) is 23.6 Å². The number of nitrogens with zero attached hydrogens (tertiary/aromatic N) is 3. The van der Waals surface area contributed by atoms with Crippen LogP contribution in [0.15, 0.2) is 47.8 Å². The summed E-state index contributed by atoms with van der Waals surface area (Å²) in [6.45, 7) is 0. The van der Waals surface area contributed by atoms with E-state index in [0.717, 1.165) is 24.0 Å². The van der Waals surface area contributed by atoms with E-state index < -0.39 is 41.8 Å². The number of aryl methyl sites for hydroxylation is 1. The first-order valence-electron chi connectivity index (χ1n) is 12.6. The minimum atomic E-state index is -2.93. The number of nitrogen functional groups attached to an aromatic ring is 1. The van der Waals surface area contributed by atoms with Gasteiger partial charge in [0.25, 0.3) is 5.92 Å². The predicted molar refractivity (Wildman–Crippen MR) is 142 cm³/mol. The van der Waals surface area contributed by atoms with E-state index in [9.17, 15) is 22.7 Å². The van der Waals surface area contributed by atoms with E-state index in [4.69, 9.17) is 22.3 Å². The van der Waals surface area contributed by atoms with Crippen LogP contribution in [0, 0.1) is 11.8 Å². The zero-order valence-electron chi connectivity index (χ0n) is 21.0. The maximum absolute atomic E-state index is 14.2. The molecule has 3 N–H and O–H groups in total. The second-order valence-electron chi connectivity index (χ2n) is 10.9. The third-order valence-corrected chi connectivity index (χ3v) is 8.02. The Bertz CT molecular complexity index is 1640. The molecule has 2 fully saturated rings. The molecule has 2 heterocycles. The van der Waals surface area contributed by atoms with Crippen molar-refractivity contribution in [2.75, 3.05) is 5.73 Å². The number of hydrogen-bond donors (Lipinski definition) is 2. The summed E-state index contributed by atoms with van der Waals surface area (Å²) in [5, 5.41) is 15.7. The van der Waals surface area contributed by atoms with Gasteiger partial charge in [0.2, 0.25) is 0 Å². The van der Waals surface area contributed by atoms with E-state index in [1.165, 1.54) is 12.2 Å². The summed E-state index contributed by atoms with van der Waals surface area (Å²) >= 11 is 6.45. The highest BCUT2D eigenvalue weighted by atomic mass is 35.5. The third kappa shape index (κ3) is 4.70. The molecule has 6 rings (SSSR count). The number of alkyl halides is 3. The van der Waals surface area contributed by atoms with Crippen molar-refractivity contribution < 1.29 is 22.7 Å². The van der Waals surface area contributed by atoms with Gasteiger partial charge in [-0.2, -0.15) is 5.10 Å². The first-order chi connectivity index (χ1) is 18.4. The molecule has 0 bridgehead atoms. The number of pyridine rings is 1. The van der Waals surface area contributed by atoms with Gasteiger partial charge < -0.3 is 10.8 Å². The van der Waals surface area contributed by atoms with Crippen molar-refractivity contribution in [3.8, 4) is 23.0 Å². The molecule has 2 aromatic heterocycles. The number of benzene rings is 1. The molecule has 3 aromatic rings. The third-order valence-electron chi connectivity index (χ3n) is 7.70. The Labute approximate surface area is 227 Å². The van der Waals surface area contributed by atoms with E-state index >= 15 is 0 Å². The summed E-state index contributed by atoms with van der Waals surface area (Å²) in [6.07, 6.45) is 1.57. The lowest BCUT2D eigenvalue weighted by molar-refractivity contribution is -0.176. The summed E-state index contributed by atoms with van der Waals surface area (Å²) < 4.78 is 56.6. The molecule has 0 amide bonds. The number of nitrogens with two attached hydrogens (primary N) is 1. The van der Waals surface area contributed by atoms with E-state index in [1.807, 2.05) is 12.1 Å². The Morgan fingerprint density at radius 2 is 1.90 bits per heavy atom. The maximum Gasteiger partial charge on any atom is 0.255 e. The molecule has 202 valence electrons. The highest BCUT2D eigenvalue weighted by Crippen LogP contribution is 2.55. The molecule has 1 aromatic carbocycles. The number of allylic oxidation sites excluding steroid dienone is 4. The topological polar surface area (TPSA) is 77.0 Å². The summed E-state index contributed by atoms with van der Waals surface area (Å²) in [6, 6.07) is 7.08. The fraction of sp³-hybridized carbons (Fsp3) is 0.379. The molecule has 0 saturated heterocycles. The predicted octanol–water partition coefficient (Wildman–Crippen LogP) is 6.33. The number of anilines is 1. The first-order valence-corrected chi connectivity index (χ1v) is 13.0. The summed E-state index contributed by atoms with van der Waals surface area (Å²) in [5.74, 6) is 2.19. The molecular formula is C29H25ClF4N4O. The van der Waals surface area contributed by atoms with Gasteiger partial charge in [-0.05, 0) is 61.1 Å². The van der Waals surface area contributed by atoms with Gasteiger partial charge in [0, 0.05) is 30.0 Å². The van der Waals surface area contributed by atoms with Crippen molar-refractivity contribution in [3.63, 3.8) is 0 Å². The Morgan fingerprint density at radius 1 is 1.18 bits per heavy atom. The minimum Gasteiger partial charge on any atom is -0.382 e. The van der Waals surface area contributed by atoms with Gasteiger partial charge in [0.05, 0.1) is 34.5 Å². The van der Waals surface area contributed by atoms with Crippen molar-refractivity contribution in [2.24, 2.45) is 7.05 Å². The minimum absolute atomic E-state index is 0.266. The number of aromatic nitrogens is 3. The van der Waals surface area contributed by atoms with Crippen LogP contribution < -0.4 is 5.73 Å². The zero-order chi connectivity index (χ0) is 27.7. The molecule has 2 saturated carbocycles. The van der Waals surface area contributed by atoms with Crippen LogP contribution in [-0.4, -0.2) is 37.6 Å². The van der Waals surface area contributed by atoms with Gasteiger partial charge >= 0.3 is 0 Å². The average Bonchev–Trinajstić information content (AvgIpc) is 3.53. The van der Waals surface area contributed by atoms with Gasteiger partial charge in [-0.25, -0.2) is 22.5 Å². The highest BCUT2D eigenvalue weighted by Gasteiger charge is 2.55. The van der Waals surface area contributed by atoms with Crippen molar-refractivity contribution in [2.45, 2.75) is 61.6 Å². The molecule has 0 radical (unpaired) electrons. The lowest BCUT2D eigenvalue weighted by Crippen LogP contribution is -2.50. The quantitative estimate of drug-likeness (QED) is 0.291. The molecule has 1 atom stereocenters. The molecule has 39 heavy (non-hydrogen) atoms. The Balaban J connectivity index is 1.48. The second kappa shape index (κ2) is 8.83. The summed E-state index contributed by atoms with van der Waals surface area (Å²) in [5.41, 5.74) is 7.64. The van der Waals surface area contributed by atoms with Gasteiger partial charge in [0.15, 0.2) is 5.82 Å². The average molecular weight is 557 g/mol. The Hall–Kier alpha value is -3.35. The monoisotopic (exact) mass is 556 g/mol. The molecule has 3 aliphatic rings. The van der Waals surface area contributed by atoms with Crippen LogP contribution >= 0.6 is 11.6 Å². The lowest BCUT2D eigenvalue weighted by atomic mass is 9.77. The maximum atomic E-state index is 14.2. The fourth-order valence-corrected chi connectivity index (χ4v) is 6.03. The molecule has 0 aliphatic heterocycles. The first kappa shape index (κ1) is 25.9. The smallest absolute Gasteiger partial charge is 0.255 e. The number of fused-ring (bicyclic) bond motifs is 1. The molecule has 1 unspecified atom stereocenters. The summed E-state index contributed by atoms with van der Waals surface area (Å²) in [4.78, 5) is 4.85. The van der Waals surface area contributed by atoms with Crippen LogP contribution in [0.4, 0.5) is 23.4 Å². The van der Waals surface area contributed by atoms with E-state index in [1.54, 1.807) is 23.9 Å². The van der Waals surface area contributed by atoms with Gasteiger partial charge in [0.1, 0.15) is 23.3 Å². The number of hydrogen-bond acceptors (Lipinski definition) is 4. The molecule has 5 nitrogen and oxygen atoms in total. The van der Waals surface area contributed by atoms with Crippen LogP contribution in [-0.2, 0) is 12.5 Å². The molecule has 10 heteroatoms. The molecule has 0 spiro atoms. The normalized spacial score (nSPS) is 22.4. The zero-order valence-corrected chi connectivity index (χ0v) is 21.8. The van der Waals surface area contributed by atoms with Crippen LogP contribution in [0.3, 0.4) is 0 Å². The van der Waals surface area contributed by atoms with Crippen molar-refractivity contribution in [1.29, 1.82) is 0 Å². The molecular weight excluding hydrogens is 532 g/mol. The Morgan fingerprint density at radius 3 is 2.56 bits per heavy atom. The van der Waals surface area contributed by atoms with Crippen LogP contribution in [0.5, 0.6) is 0 Å². The van der Waals surface area contributed by atoms with Crippen molar-refractivity contribution in [3.05, 3.63) is 64.2 Å². The van der Waals surface area contributed by atoms with Crippen LogP contribution in [0.2, 0.25) is 5.02 Å². The van der Waals surface area contributed by atoms with E-state index in [0.29, 0.717) is 39.3 Å². The second-order valence-corrected chi connectivity index (χ2v) is 11.3. The van der Waals surface area contributed by atoms with E-state index in [-0.39, 0.29) is 12.2 Å². The fourth-order valence-electron chi connectivity index (χ4n) is 5.78. The SMILES string of the molecule is Cn1nc(N)c2c(Cl)ccc(-c3ccc(C#CC4(O)CC(F)(F)C4)nc3C3(CC4=CC(F)CC(F)=C4)CC3)c21.